The number of rotatable bonds is 10. The van der Waals surface area contributed by atoms with Gasteiger partial charge in [-0.15, -0.1) is 0 Å². The molecule has 0 heterocycles. The fourth-order valence-corrected chi connectivity index (χ4v) is 5.37. The van der Waals surface area contributed by atoms with E-state index in [2.05, 4.69) is 5.32 Å². The van der Waals surface area contributed by atoms with Crippen molar-refractivity contribution in [2.45, 2.75) is 25.0 Å². The number of aryl methyl sites for hydroxylation is 1. The highest BCUT2D eigenvalue weighted by Gasteiger charge is 2.27. The van der Waals surface area contributed by atoms with Crippen molar-refractivity contribution in [3.8, 4) is 5.75 Å². The van der Waals surface area contributed by atoms with Gasteiger partial charge < -0.3 is 10.1 Å². The molecule has 0 aromatic heterocycles. The first-order chi connectivity index (χ1) is 18.2. The van der Waals surface area contributed by atoms with Crippen molar-refractivity contribution in [2.24, 2.45) is 0 Å². The second-order valence-electron chi connectivity index (χ2n) is 8.68. The van der Waals surface area contributed by atoms with Crippen molar-refractivity contribution in [1.82, 2.24) is 4.31 Å². The molecule has 4 aromatic carbocycles. The molecule has 0 aliphatic heterocycles. The van der Waals surface area contributed by atoms with Gasteiger partial charge in [-0.1, -0.05) is 77.3 Å². The van der Waals surface area contributed by atoms with Crippen molar-refractivity contribution >= 4 is 44.8 Å². The van der Waals surface area contributed by atoms with Crippen LogP contribution in [0.15, 0.2) is 102 Å². The molecule has 0 atom stereocenters. The summed E-state index contributed by atoms with van der Waals surface area (Å²) in [4.78, 5) is 13.1. The first-order valence-electron chi connectivity index (χ1n) is 11.8. The van der Waals surface area contributed by atoms with Gasteiger partial charge >= 0.3 is 0 Å². The molecule has 38 heavy (non-hydrogen) atoms. The Labute approximate surface area is 232 Å². The summed E-state index contributed by atoms with van der Waals surface area (Å²) in [6.07, 6.45) is 0. The molecule has 1 N–H and O–H groups in total. The molecule has 196 valence electrons. The van der Waals surface area contributed by atoms with Crippen molar-refractivity contribution in [1.29, 1.82) is 0 Å². The Morgan fingerprint density at radius 3 is 2.18 bits per heavy atom. The normalized spacial score (nSPS) is 11.4. The van der Waals surface area contributed by atoms with Crippen LogP contribution in [0.25, 0.3) is 0 Å². The summed E-state index contributed by atoms with van der Waals surface area (Å²) in [5.41, 5.74) is 3.09. The SMILES string of the molecule is Cc1ccc(S(=O)(=O)N(CC(=O)Nc2ccc(OCc3ccccc3)cc2)Cc2ccc(Cl)c(Cl)c2)cc1. The maximum absolute atomic E-state index is 13.5. The molecule has 1 amide bonds. The molecular formula is C29H26Cl2N2O4S. The van der Waals surface area contributed by atoms with Crippen LogP contribution < -0.4 is 10.1 Å². The Kier molecular flexibility index (Phi) is 9.07. The van der Waals surface area contributed by atoms with Crippen LogP contribution >= 0.6 is 23.2 Å². The van der Waals surface area contributed by atoms with Crippen LogP contribution in [0.5, 0.6) is 5.75 Å². The summed E-state index contributed by atoms with van der Waals surface area (Å²) in [7, 11) is -3.99. The van der Waals surface area contributed by atoms with Crippen LogP contribution in [-0.4, -0.2) is 25.2 Å². The average Bonchev–Trinajstić information content (AvgIpc) is 2.91. The maximum Gasteiger partial charge on any atom is 0.243 e. The van der Waals surface area contributed by atoms with Crippen molar-refractivity contribution in [3.05, 3.63) is 124 Å². The molecular weight excluding hydrogens is 543 g/mol. The van der Waals surface area contributed by atoms with Crippen molar-refractivity contribution in [2.75, 3.05) is 11.9 Å². The highest BCUT2D eigenvalue weighted by atomic mass is 35.5. The van der Waals surface area contributed by atoms with Crippen LogP contribution in [0.3, 0.4) is 0 Å². The summed E-state index contributed by atoms with van der Waals surface area (Å²) in [5, 5.41) is 3.42. The second-order valence-corrected chi connectivity index (χ2v) is 11.4. The van der Waals surface area contributed by atoms with E-state index in [4.69, 9.17) is 27.9 Å². The zero-order valence-corrected chi connectivity index (χ0v) is 22.9. The number of carbonyl (C=O) groups is 1. The minimum Gasteiger partial charge on any atom is -0.489 e. The number of hydrogen-bond acceptors (Lipinski definition) is 4. The van der Waals surface area contributed by atoms with Gasteiger partial charge in [0.25, 0.3) is 0 Å². The van der Waals surface area contributed by atoms with Crippen LogP contribution in [0, 0.1) is 6.92 Å². The number of anilines is 1. The molecule has 0 unspecified atom stereocenters. The highest BCUT2D eigenvalue weighted by molar-refractivity contribution is 7.89. The van der Waals surface area contributed by atoms with Gasteiger partial charge in [0, 0.05) is 12.2 Å². The molecule has 0 saturated heterocycles. The van der Waals surface area contributed by atoms with E-state index in [1.165, 1.54) is 12.1 Å². The van der Waals surface area contributed by atoms with Gasteiger partial charge in [0.1, 0.15) is 12.4 Å². The minimum absolute atomic E-state index is 0.0627. The summed E-state index contributed by atoms with van der Waals surface area (Å²) in [5.74, 6) is 0.161. The number of nitrogens with one attached hydrogen (secondary N) is 1. The Bertz CT molecular complexity index is 1490. The van der Waals surface area contributed by atoms with E-state index < -0.39 is 22.5 Å². The fraction of sp³-hybridized carbons (Fsp3) is 0.138. The zero-order chi connectivity index (χ0) is 27.1. The number of halogens is 2. The molecule has 0 spiro atoms. The van der Waals surface area contributed by atoms with E-state index >= 15 is 0 Å². The number of ether oxygens (including phenoxy) is 1. The minimum atomic E-state index is -3.99. The van der Waals surface area contributed by atoms with Crippen molar-refractivity contribution < 1.29 is 17.9 Å². The van der Waals surface area contributed by atoms with Gasteiger partial charge in [-0.05, 0) is 66.6 Å². The Hall–Kier alpha value is -3.36. The number of benzene rings is 4. The Balaban J connectivity index is 1.47. The standard InChI is InChI=1S/C29H26Cl2N2O4S/c1-21-7-14-26(15-8-21)38(35,36)33(18-23-9-16-27(30)28(31)17-23)19-29(34)32-24-10-12-25(13-11-24)37-20-22-5-3-2-4-6-22/h2-17H,18-20H2,1H3,(H,32,34). The molecule has 6 nitrogen and oxygen atoms in total. The third-order valence-electron chi connectivity index (χ3n) is 5.71. The number of hydrogen-bond donors (Lipinski definition) is 1. The topological polar surface area (TPSA) is 75.7 Å². The fourth-order valence-electron chi connectivity index (χ4n) is 3.66. The lowest BCUT2D eigenvalue weighted by atomic mass is 10.2. The number of sulfonamides is 1. The number of amides is 1. The average molecular weight is 570 g/mol. The smallest absolute Gasteiger partial charge is 0.243 e. The molecule has 0 aliphatic carbocycles. The van der Waals surface area contributed by atoms with Crippen LogP contribution in [0.1, 0.15) is 16.7 Å². The van der Waals surface area contributed by atoms with Crippen LogP contribution in [0.4, 0.5) is 5.69 Å². The molecule has 9 heteroatoms. The summed E-state index contributed by atoms with van der Waals surface area (Å²) in [6, 6.07) is 28.0. The predicted octanol–water partition coefficient (Wildman–Crippen LogP) is 6.71. The molecule has 4 aromatic rings. The Morgan fingerprint density at radius 2 is 1.53 bits per heavy atom. The summed E-state index contributed by atoms with van der Waals surface area (Å²) < 4.78 is 33.9. The van der Waals surface area contributed by atoms with Gasteiger partial charge in [0.15, 0.2) is 0 Å². The van der Waals surface area contributed by atoms with E-state index in [9.17, 15) is 13.2 Å². The molecule has 0 saturated carbocycles. The third-order valence-corrected chi connectivity index (χ3v) is 8.25. The quantitative estimate of drug-likeness (QED) is 0.230. The molecule has 0 aliphatic rings. The largest absolute Gasteiger partial charge is 0.489 e. The van der Waals surface area contributed by atoms with E-state index in [1.54, 1.807) is 54.6 Å². The lowest BCUT2D eigenvalue weighted by molar-refractivity contribution is -0.116. The predicted molar refractivity (Wildman–Crippen MR) is 151 cm³/mol. The monoisotopic (exact) mass is 568 g/mol. The Morgan fingerprint density at radius 1 is 0.842 bits per heavy atom. The highest BCUT2D eigenvalue weighted by Crippen LogP contribution is 2.25. The zero-order valence-electron chi connectivity index (χ0n) is 20.6. The molecule has 0 bridgehead atoms. The second kappa shape index (κ2) is 12.5. The van der Waals surface area contributed by atoms with Crippen molar-refractivity contribution in [3.63, 3.8) is 0 Å². The van der Waals surface area contributed by atoms with E-state index in [-0.39, 0.29) is 11.4 Å². The van der Waals surface area contributed by atoms with Gasteiger partial charge in [-0.2, -0.15) is 4.31 Å². The molecule has 0 fully saturated rings. The van der Waals surface area contributed by atoms with Gasteiger partial charge in [-0.3, -0.25) is 4.79 Å². The maximum atomic E-state index is 13.5. The molecule has 0 radical (unpaired) electrons. The van der Waals surface area contributed by atoms with E-state index in [0.29, 0.717) is 33.7 Å². The lowest BCUT2D eigenvalue weighted by Crippen LogP contribution is -2.37. The van der Waals surface area contributed by atoms with Gasteiger partial charge in [0.2, 0.25) is 15.9 Å². The molecule has 4 rings (SSSR count). The first-order valence-corrected chi connectivity index (χ1v) is 14.0. The van der Waals surface area contributed by atoms with Gasteiger partial charge in [0.05, 0.1) is 21.5 Å². The summed E-state index contributed by atoms with van der Waals surface area (Å²) in [6.45, 7) is 1.83. The van der Waals surface area contributed by atoms with Crippen LogP contribution in [-0.2, 0) is 28.0 Å². The van der Waals surface area contributed by atoms with Gasteiger partial charge in [-0.25, -0.2) is 8.42 Å². The third kappa shape index (κ3) is 7.36. The van der Waals surface area contributed by atoms with E-state index in [0.717, 1.165) is 15.4 Å². The summed E-state index contributed by atoms with van der Waals surface area (Å²) >= 11 is 12.2. The number of carbonyl (C=O) groups excluding carboxylic acids is 1. The number of nitrogens with zero attached hydrogens (tertiary/aromatic N) is 1. The van der Waals surface area contributed by atoms with Crippen LogP contribution in [0.2, 0.25) is 10.0 Å². The first kappa shape index (κ1) is 27.7. The van der Waals surface area contributed by atoms with E-state index in [1.807, 2.05) is 37.3 Å². The lowest BCUT2D eigenvalue weighted by Gasteiger charge is -2.22.